The molecular weight excluding hydrogens is 240 g/mol. The summed E-state index contributed by atoms with van der Waals surface area (Å²) in [5.41, 5.74) is -0.461. The average Bonchev–Trinajstić information content (AvgIpc) is 2.85. The van der Waals surface area contributed by atoms with Gasteiger partial charge in [-0.2, -0.15) is 10.2 Å². The zero-order chi connectivity index (χ0) is 13.3. The summed E-state index contributed by atoms with van der Waals surface area (Å²) in [5, 5.41) is 20.9. The summed E-state index contributed by atoms with van der Waals surface area (Å²) in [7, 11) is 3.16. The van der Waals surface area contributed by atoms with E-state index in [1.807, 2.05) is 0 Å². The molecule has 0 aliphatic heterocycles. The lowest BCUT2D eigenvalue weighted by Gasteiger charge is -2.01. The average molecular weight is 250 g/mol. The molecule has 1 N–H and O–H groups in total. The van der Waals surface area contributed by atoms with E-state index in [1.165, 1.54) is 11.7 Å². The van der Waals surface area contributed by atoms with Gasteiger partial charge in [0, 0.05) is 26.4 Å². The van der Waals surface area contributed by atoms with Gasteiger partial charge in [0.15, 0.2) is 5.82 Å². The molecule has 1 amide bonds. The Balaban J connectivity index is 2.29. The number of hydrogen-bond donors (Lipinski definition) is 1. The molecule has 18 heavy (non-hydrogen) atoms. The van der Waals surface area contributed by atoms with E-state index < -0.39 is 10.8 Å². The van der Waals surface area contributed by atoms with Crippen molar-refractivity contribution in [3.05, 3.63) is 34.3 Å². The van der Waals surface area contributed by atoms with Gasteiger partial charge in [0.05, 0.1) is 4.92 Å². The number of amides is 1. The number of rotatable bonds is 3. The molecule has 0 atom stereocenters. The van der Waals surface area contributed by atoms with E-state index in [2.05, 4.69) is 15.5 Å². The lowest BCUT2D eigenvalue weighted by molar-refractivity contribution is -0.385. The van der Waals surface area contributed by atoms with Gasteiger partial charge >= 0.3 is 5.69 Å². The maximum atomic E-state index is 11.9. The van der Waals surface area contributed by atoms with Gasteiger partial charge in [-0.05, 0) is 0 Å². The molecule has 2 aromatic heterocycles. The molecule has 2 heterocycles. The Hall–Kier alpha value is -2.71. The summed E-state index contributed by atoms with van der Waals surface area (Å²) >= 11 is 0. The minimum atomic E-state index is -0.652. The minimum Gasteiger partial charge on any atom is -0.304 e. The standard InChI is InChI=1S/C9H10N6O3/c1-13-4-3-7(12-13)11-9(16)8-6(15(17)18)5-10-14(8)2/h3-5H,1-2H3,(H,11,12,16). The lowest BCUT2D eigenvalue weighted by atomic mass is 10.3. The number of nitrogens with one attached hydrogen (secondary N) is 1. The first-order chi connectivity index (χ1) is 8.49. The monoisotopic (exact) mass is 250 g/mol. The molecule has 0 unspecified atom stereocenters. The third-order valence-electron chi connectivity index (χ3n) is 2.29. The van der Waals surface area contributed by atoms with Gasteiger partial charge < -0.3 is 5.32 Å². The highest BCUT2D eigenvalue weighted by molar-refractivity contribution is 6.05. The van der Waals surface area contributed by atoms with Crippen molar-refractivity contribution < 1.29 is 9.72 Å². The molecule has 0 aromatic carbocycles. The molecule has 0 fully saturated rings. The van der Waals surface area contributed by atoms with E-state index in [0.717, 1.165) is 10.9 Å². The molecule has 9 heteroatoms. The number of anilines is 1. The maximum absolute atomic E-state index is 11.9. The van der Waals surface area contributed by atoms with Crippen LogP contribution in [0, 0.1) is 10.1 Å². The van der Waals surface area contributed by atoms with E-state index in [9.17, 15) is 14.9 Å². The molecule has 0 spiro atoms. The zero-order valence-electron chi connectivity index (χ0n) is 9.69. The van der Waals surface area contributed by atoms with Crippen molar-refractivity contribution in [2.24, 2.45) is 14.1 Å². The Morgan fingerprint density at radius 1 is 1.50 bits per heavy atom. The second-order valence-corrected chi connectivity index (χ2v) is 3.59. The Labute approximate surface area is 101 Å². The van der Waals surface area contributed by atoms with Gasteiger partial charge in [0.25, 0.3) is 5.91 Å². The van der Waals surface area contributed by atoms with Gasteiger partial charge in [0.1, 0.15) is 6.20 Å². The molecule has 9 nitrogen and oxygen atoms in total. The fourth-order valence-corrected chi connectivity index (χ4v) is 1.48. The molecule has 0 aliphatic carbocycles. The predicted octanol–water partition coefficient (Wildman–Crippen LogP) is 0.314. The summed E-state index contributed by atoms with van der Waals surface area (Å²) < 4.78 is 2.66. The molecular formula is C9H10N6O3. The van der Waals surface area contributed by atoms with Crippen molar-refractivity contribution >= 4 is 17.4 Å². The Bertz CT molecular complexity index is 614. The van der Waals surface area contributed by atoms with Crippen molar-refractivity contribution in [2.75, 3.05) is 5.32 Å². The van der Waals surface area contributed by atoms with Crippen LogP contribution in [-0.4, -0.2) is 30.4 Å². The number of aryl methyl sites for hydroxylation is 2. The van der Waals surface area contributed by atoms with Crippen LogP contribution in [0.2, 0.25) is 0 Å². The van der Waals surface area contributed by atoms with E-state index in [-0.39, 0.29) is 11.4 Å². The number of aromatic nitrogens is 4. The third-order valence-corrected chi connectivity index (χ3v) is 2.29. The van der Waals surface area contributed by atoms with E-state index in [4.69, 9.17) is 0 Å². The normalized spacial score (nSPS) is 10.3. The molecule has 94 valence electrons. The third kappa shape index (κ3) is 2.05. The minimum absolute atomic E-state index is 0.120. The van der Waals surface area contributed by atoms with Crippen LogP contribution in [0.5, 0.6) is 0 Å². The number of nitro groups is 1. The summed E-state index contributed by atoms with van der Waals surface area (Å²) in [6.07, 6.45) is 2.68. The van der Waals surface area contributed by atoms with Crippen LogP contribution in [0.1, 0.15) is 10.5 Å². The number of carbonyl (C=O) groups is 1. The zero-order valence-corrected chi connectivity index (χ0v) is 9.69. The quantitative estimate of drug-likeness (QED) is 0.623. The smallest absolute Gasteiger partial charge is 0.304 e. The summed E-state index contributed by atoms with van der Waals surface area (Å²) in [6.45, 7) is 0. The van der Waals surface area contributed by atoms with Crippen LogP contribution in [0.25, 0.3) is 0 Å². The van der Waals surface area contributed by atoms with Crippen LogP contribution in [0.3, 0.4) is 0 Å². The SMILES string of the molecule is Cn1ccc(NC(=O)c2c([N+](=O)[O-])cnn2C)n1. The number of hydrogen-bond acceptors (Lipinski definition) is 5. The van der Waals surface area contributed by atoms with Crippen molar-refractivity contribution in [3.63, 3.8) is 0 Å². The molecule has 0 saturated heterocycles. The van der Waals surface area contributed by atoms with Gasteiger partial charge in [-0.25, -0.2) is 0 Å². The second-order valence-electron chi connectivity index (χ2n) is 3.59. The van der Waals surface area contributed by atoms with Crippen LogP contribution >= 0.6 is 0 Å². The Morgan fingerprint density at radius 2 is 2.22 bits per heavy atom. The van der Waals surface area contributed by atoms with E-state index in [1.54, 1.807) is 19.3 Å². The van der Waals surface area contributed by atoms with Crippen LogP contribution in [0.4, 0.5) is 11.5 Å². The molecule has 2 rings (SSSR count). The highest BCUT2D eigenvalue weighted by Gasteiger charge is 2.25. The molecule has 0 radical (unpaired) electrons. The first-order valence-electron chi connectivity index (χ1n) is 4.96. The van der Waals surface area contributed by atoms with Crippen LogP contribution in [0.15, 0.2) is 18.5 Å². The highest BCUT2D eigenvalue weighted by atomic mass is 16.6. The Kier molecular flexibility index (Phi) is 2.80. The molecule has 0 aliphatic rings. The van der Waals surface area contributed by atoms with Crippen molar-refractivity contribution in [1.82, 2.24) is 19.6 Å². The second kappa shape index (κ2) is 4.28. The first-order valence-corrected chi connectivity index (χ1v) is 4.96. The van der Waals surface area contributed by atoms with Crippen LogP contribution in [-0.2, 0) is 14.1 Å². The fourth-order valence-electron chi connectivity index (χ4n) is 1.48. The lowest BCUT2D eigenvalue weighted by Crippen LogP contribution is -2.18. The molecule has 0 bridgehead atoms. The summed E-state index contributed by atoms with van der Waals surface area (Å²) in [5.74, 6) is -0.307. The Morgan fingerprint density at radius 3 is 2.78 bits per heavy atom. The fraction of sp³-hybridized carbons (Fsp3) is 0.222. The largest absolute Gasteiger partial charge is 0.320 e. The predicted molar refractivity (Wildman–Crippen MR) is 61.0 cm³/mol. The van der Waals surface area contributed by atoms with Gasteiger partial charge in [-0.3, -0.25) is 24.3 Å². The van der Waals surface area contributed by atoms with Crippen LogP contribution < -0.4 is 5.32 Å². The van der Waals surface area contributed by atoms with Crippen molar-refractivity contribution in [3.8, 4) is 0 Å². The number of carbonyl (C=O) groups excluding carboxylic acids is 1. The summed E-state index contributed by atoms with van der Waals surface area (Å²) in [4.78, 5) is 22.0. The van der Waals surface area contributed by atoms with Crippen molar-refractivity contribution in [2.45, 2.75) is 0 Å². The van der Waals surface area contributed by atoms with Gasteiger partial charge in [-0.15, -0.1) is 0 Å². The van der Waals surface area contributed by atoms with Gasteiger partial charge in [0.2, 0.25) is 5.69 Å². The van der Waals surface area contributed by atoms with Crippen molar-refractivity contribution in [1.29, 1.82) is 0 Å². The molecule has 0 saturated carbocycles. The topological polar surface area (TPSA) is 108 Å². The summed E-state index contributed by atoms with van der Waals surface area (Å²) in [6, 6.07) is 1.58. The number of nitrogens with zero attached hydrogens (tertiary/aromatic N) is 5. The van der Waals surface area contributed by atoms with E-state index >= 15 is 0 Å². The van der Waals surface area contributed by atoms with Gasteiger partial charge in [-0.1, -0.05) is 0 Å². The molecule has 2 aromatic rings. The maximum Gasteiger partial charge on any atom is 0.320 e. The highest BCUT2D eigenvalue weighted by Crippen LogP contribution is 2.18. The first kappa shape index (κ1) is 11.8. The van der Waals surface area contributed by atoms with E-state index in [0.29, 0.717) is 5.82 Å².